The van der Waals surface area contributed by atoms with Crippen LogP contribution in [0.5, 0.6) is 11.5 Å². The fourth-order valence-electron chi connectivity index (χ4n) is 3.14. The number of anilines is 1. The van der Waals surface area contributed by atoms with E-state index in [1.54, 1.807) is 36.4 Å². The predicted molar refractivity (Wildman–Crippen MR) is 123 cm³/mol. The summed E-state index contributed by atoms with van der Waals surface area (Å²) >= 11 is 0. The molecule has 2 N–H and O–H groups in total. The maximum atomic E-state index is 13.1. The molecule has 0 radical (unpaired) electrons. The van der Waals surface area contributed by atoms with E-state index in [0.29, 0.717) is 23.8 Å². The van der Waals surface area contributed by atoms with Gasteiger partial charge in [0.15, 0.2) is 0 Å². The van der Waals surface area contributed by atoms with Gasteiger partial charge < -0.3 is 14.8 Å². The zero-order valence-electron chi connectivity index (χ0n) is 17.9. The maximum absolute atomic E-state index is 13.1. The van der Waals surface area contributed by atoms with E-state index in [2.05, 4.69) is 10.0 Å². The molecule has 0 saturated heterocycles. The van der Waals surface area contributed by atoms with Crippen molar-refractivity contribution in [1.82, 2.24) is 4.72 Å². The van der Waals surface area contributed by atoms with E-state index in [1.165, 1.54) is 19.2 Å². The number of hydrogen-bond acceptors (Lipinski definition) is 5. The van der Waals surface area contributed by atoms with Gasteiger partial charge in [0.25, 0.3) is 0 Å². The number of carbonyl (C=O) groups is 1. The molecule has 1 amide bonds. The highest BCUT2D eigenvalue weighted by Crippen LogP contribution is 2.24. The van der Waals surface area contributed by atoms with Crippen LogP contribution < -0.4 is 19.5 Å². The van der Waals surface area contributed by atoms with Gasteiger partial charge in [-0.25, -0.2) is 8.42 Å². The molecule has 0 aliphatic heterocycles. The molecule has 0 heterocycles. The molecule has 1 atom stereocenters. The number of amides is 1. The standard InChI is InChI=1S/C24H26N2O5S/c1-3-31-19-13-15-20(16-14-19)32(28,29)26-22(17-18-9-5-4-6-10-18)24(27)25-21-11-7-8-12-23(21)30-2/h4-16,22,26H,3,17H2,1-2H3,(H,25,27)/t22-/m0/s1. The third kappa shape index (κ3) is 6.09. The van der Waals surface area contributed by atoms with Crippen molar-refractivity contribution in [1.29, 1.82) is 0 Å². The van der Waals surface area contributed by atoms with E-state index in [4.69, 9.17) is 9.47 Å². The molecule has 0 aliphatic carbocycles. The highest BCUT2D eigenvalue weighted by Gasteiger charge is 2.27. The Balaban J connectivity index is 1.85. The fraction of sp³-hybridized carbons (Fsp3) is 0.208. The molecule has 8 heteroatoms. The van der Waals surface area contributed by atoms with Gasteiger partial charge in [0.05, 0.1) is 24.3 Å². The molecule has 3 aromatic carbocycles. The molecule has 0 bridgehead atoms. The number of sulfonamides is 1. The lowest BCUT2D eigenvalue weighted by Crippen LogP contribution is -2.45. The Hall–Kier alpha value is -3.36. The van der Waals surface area contributed by atoms with Gasteiger partial charge in [-0.1, -0.05) is 42.5 Å². The number of benzene rings is 3. The number of hydrogen-bond donors (Lipinski definition) is 2. The molecule has 168 valence electrons. The molecule has 0 aromatic heterocycles. The van der Waals surface area contributed by atoms with E-state index in [0.717, 1.165) is 5.56 Å². The van der Waals surface area contributed by atoms with Gasteiger partial charge in [-0.3, -0.25) is 4.79 Å². The zero-order valence-corrected chi connectivity index (χ0v) is 18.8. The second kappa shape index (κ2) is 10.8. The summed E-state index contributed by atoms with van der Waals surface area (Å²) in [7, 11) is -2.46. The van der Waals surface area contributed by atoms with Crippen molar-refractivity contribution in [3.63, 3.8) is 0 Å². The lowest BCUT2D eigenvalue weighted by atomic mass is 10.1. The molecular weight excluding hydrogens is 428 g/mol. The minimum atomic E-state index is -3.96. The first kappa shape index (κ1) is 23.3. The van der Waals surface area contributed by atoms with Crippen molar-refractivity contribution in [2.24, 2.45) is 0 Å². The topological polar surface area (TPSA) is 93.7 Å². The van der Waals surface area contributed by atoms with Gasteiger partial charge >= 0.3 is 0 Å². The molecule has 0 spiro atoms. The van der Waals surface area contributed by atoms with Crippen LogP contribution in [0.2, 0.25) is 0 Å². The quantitative estimate of drug-likeness (QED) is 0.488. The first-order valence-electron chi connectivity index (χ1n) is 10.2. The van der Waals surface area contributed by atoms with Crippen molar-refractivity contribution >= 4 is 21.6 Å². The van der Waals surface area contributed by atoms with Gasteiger partial charge in [-0.2, -0.15) is 4.72 Å². The third-order valence-corrected chi connectivity index (χ3v) is 6.19. The summed E-state index contributed by atoms with van der Waals surface area (Å²) in [6, 6.07) is 21.2. The summed E-state index contributed by atoms with van der Waals surface area (Å²) in [6.07, 6.45) is 0.179. The van der Waals surface area contributed by atoms with E-state index in [1.807, 2.05) is 37.3 Å². The maximum Gasteiger partial charge on any atom is 0.243 e. The number of ether oxygens (including phenoxy) is 2. The number of nitrogens with one attached hydrogen (secondary N) is 2. The smallest absolute Gasteiger partial charge is 0.243 e. The summed E-state index contributed by atoms with van der Waals surface area (Å²) in [5.74, 6) is 0.558. The largest absolute Gasteiger partial charge is 0.495 e. The molecule has 32 heavy (non-hydrogen) atoms. The molecule has 7 nitrogen and oxygen atoms in total. The summed E-state index contributed by atoms with van der Waals surface area (Å²) in [6.45, 7) is 2.33. The molecule has 0 fully saturated rings. The number of carbonyl (C=O) groups excluding carboxylic acids is 1. The average molecular weight is 455 g/mol. The van der Waals surface area contributed by atoms with Gasteiger partial charge in [0.2, 0.25) is 15.9 Å². The Bertz CT molecular complexity index is 1130. The molecule has 0 saturated carbocycles. The van der Waals surface area contributed by atoms with Crippen LogP contribution in [0.15, 0.2) is 83.8 Å². The molecule has 0 aliphatic rings. The minimum absolute atomic E-state index is 0.0455. The van der Waals surface area contributed by atoms with Crippen LogP contribution in [0, 0.1) is 0 Å². The summed E-state index contributed by atoms with van der Waals surface area (Å²) < 4.78 is 39.2. The molecule has 0 unspecified atom stereocenters. The second-order valence-corrected chi connectivity index (χ2v) is 8.67. The molecule has 3 rings (SSSR count). The number of para-hydroxylation sites is 2. The van der Waals surface area contributed by atoms with Crippen molar-refractivity contribution in [2.45, 2.75) is 24.3 Å². The van der Waals surface area contributed by atoms with Crippen molar-refractivity contribution in [2.75, 3.05) is 19.0 Å². The van der Waals surface area contributed by atoms with Crippen LogP contribution >= 0.6 is 0 Å². The monoisotopic (exact) mass is 454 g/mol. The van der Waals surface area contributed by atoms with E-state index in [9.17, 15) is 13.2 Å². The van der Waals surface area contributed by atoms with Crippen molar-refractivity contribution in [3.05, 3.63) is 84.4 Å². The zero-order chi connectivity index (χ0) is 23.0. The third-order valence-electron chi connectivity index (χ3n) is 4.71. The Morgan fingerprint density at radius 1 is 0.938 bits per heavy atom. The summed E-state index contributed by atoms with van der Waals surface area (Å²) in [5.41, 5.74) is 1.28. The first-order valence-corrected chi connectivity index (χ1v) is 11.6. The second-order valence-electron chi connectivity index (χ2n) is 6.96. The van der Waals surface area contributed by atoms with E-state index < -0.39 is 22.0 Å². The first-order chi connectivity index (χ1) is 15.4. The van der Waals surface area contributed by atoms with Gasteiger partial charge in [-0.15, -0.1) is 0 Å². The predicted octanol–water partition coefficient (Wildman–Crippen LogP) is 3.62. The van der Waals surface area contributed by atoms with Crippen molar-refractivity contribution in [3.8, 4) is 11.5 Å². The van der Waals surface area contributed by atoms with Crippen LogP contribution in [0.4, 0.5) is 5.69 Å². The minimum Gasteiger partial charge on any atom is -0.495 e. The SMILES string of the molecule is CCOc1ccc(S(=O)(=O)N[C@@H](Cc2ccccc2)C(=O)Nc2ccccc2OC)cc1. The lowest BCUT2D eigenvalue weighted by molar-refractivity contribution is -0.117. The van der Waals surface area contributed by atoms with Crippen molar-refractivity contribution < 1.29 is 22.7 Å². The Morgan fingerprint density at radius 2 is 1.59 bits per heavy atom. The Labute approximate surface area is 188 Å². The summed E-state index contributed by atoms with van der Waals surface area (Å²) in [4.78, 5) is 13.2. The van der Waals surface area contributed by atoms with E-state index in [-0.39, 0.29) is 11.3 Å². The highest BCUT2D eigenvalue weighted by atomic mass is 32.2. The normalized spacial score (nSPS) is 12.1. The Morgan fingerprint density at radius 3 is 2.25 bits per heavy atom. The molecule has 3 aromatic rings. The number of rotatable bonds is 10. The van der Waals surface area contributed by atoms with Gasteiger partial charge in [-0.05, 0) is 55.3 Å². The highest BCUT2D eigenvalue weighted by molar-refractivity contribution is 7.89. The van der Waals surface area contributed by atoms with Crippen LogP contribution in [0.3, 0.4) is 0 Å². The van der Waals surface area contributed by atoms with E-state index >= 15 is 0 Å². The Kier molecular flexibility index (Phi) is 7.86. The number of methoxy groups -OCH3 is 1. The lowest BCUT2D eigenvalue weighted by Gasteiger charge is -2.20. The van der Waals surface area contributed by atoms with Crippen LogP contribution in [-0.4, -0.2) is 34.1 Å². The van der Waals surface area contributed by atoms with Crippen LogP contribution in [-0.2, 0) is 21.2 Å². The van der Waals surface area contributed by atoms with Crippen LogP contribution in [0.1, 0.15) is 12.5 Å². The van der Waals surface area contributed by atoms with Gasteiger partial charge in [0.1, 0.15) is 17.5 Å². The van der Waals surface area contributed by atoms with Gasteiger partial charge in [0, 0.05) is 0 Å². The molecular formula is C24H26N2O5S. The fourth-order valence-corrected chi connectivity index (χ4v) is 4.34. The van der Waals surface area contributed by atoms with Crippen LogP contribution in [0.25, 0.3) is 0 Å². The average Bonchev–Trinajstić information content (AvgIpc) is 2.80. The summed E-state index contributed by atoms with van der Waals surface area (Å²) in [5, 5.41) is 2.77.